The van der Waals surface area contributed by atoms with Crippen LogP contribution in [0.25, 0.3) is 0 Å². The molecular formula is C10H10F3N5. The molecule has 0 aliphatic heterocycles. The van der Waals surface area contributed by atoms with E-state index in [0.717, 1.165) is 6.20 Å². The Bertz CT molecular complexity index is 520. The van der Waals surface area contributed by atoms with Gasteiger partial charge in [-0.25, -0.2) is 4.98 Å². The fourth-order valence-electron chi connectivity index (χ4n) is 1.47. The first-order valence-electron chi connectivity index (χ1n) is 5.06. The molecule has 0 spiro atoms. The third-order valence-corrected chi connectivity index (χ3v) is 2.37. The molecule has 0 amide bonds. The van der Waals surface area contributed by atoms with Crippen LogP contribution in [0.5, 0.6) is 0 Å². The molecular weight excluding hydrogens is 247 g/mol. The molecule has 96 valence electrons. The van der Waals surface area contributed by atoms with E-state index in [1.165, 1.54) is 30.3 Å². The Balaban J connectivity index is 2.17. The molecule has 0 radical (unpaired) electrons. The molecule has 0 saturated heterocycles. The Morgan fingerprint density at radius 2 is 2.06 bits per heavy atom. The Morgan fingerprint density at radius 3 is 2.67 bits per heavy atom. The minimum atomic E-state index is -4.41. The van der Waals surface area contributed by atoms with Crippen molar-refractivity contribution in [3.05, 3.63) is 36.0 Å². The molecule has 0 fully saturated rings. The SMILES string of the molecule is Cn1ncc(C(F)(F)F)c1CNc1cnccn1. The molecule has 0 unspecified atom stereocenters. The number of halogens is 3. The number of alkyl halides is 3. The van der Waals surface area contributed by atoms with E-state index >= 15 is 0 Å². The van der Waals surface area contributed by atoms with Crippen molar-refractivity contribution < 1.29 is 13.2 Å². The van der Waals surface area contributed by atoms with Gasteiger partial charge in [0.1, 0.15) is 5.82 Å². The zero-order chi connectivity index (χ0) is 13.2. The Kier molecular flexibility index (Phi) is 3.17. The number of hydrogen-bond donors (Lipinski definition) is 1. The summed E-state index contributed by atoms with van der Waals surface area (Å²) in [5.41, 5.74) is -0.699. The van der Waals surface area contributed by atoms with E-state index in [0.29, 0.717) is 5.82 Å². The normalized spacial score (nSPS) is 11.6. The summed E-state index contributed by atoms with van der Waals surface area (Å²) in [6.07, 6.45) is 0.775. The second kappa shape index (κ2) is 4.63. The van der Waals surface area contributed by atoms with Crippen LogP contribution in [-0.2, 0) is 19.8 Å². The highest BCUT2D eigenvalue weighted by Gasteiger charge is 2.35. The number of nitrogens with one attached hydrogen (secondary N) is 1. The maximum Gasteiger partial charge on any atom is 0.419 e. The van der Waals surface area contributed by atoms with Gasteiger partial charge in [-0.3, -0.25) is 9.67 Å². The molecule has 0 bridgehead atoms. The van der Waals surface area contributed by atoms with E-state index in [9.17, 15) is 13.2 Å². The first-order chi connectivity index (χ1) is 8.48. The van der Waals surface area contributed by atoms with Crippen LogP contribution in [0.4, 0.5) is 19.0 Å². The fraction of sp³-hybridized carbons (Fsp3) is 0.300. The van der Waals surface area contributed by atoms with Gasteiger partial charge in [0, 0.05) is 19.4 Å². The summed E-state index contributed by atoms with van der Waals surface area (Å²) < 4.78 is 39.2. The van der Waals surface area contributed by atoms with Crippen LogP contribution in [-0.4, -0.2) is 19.7 Å². The van der Waals surface area contributed by atoms with Crippen LogP contribution >= 0.6 is 0 Å². The summed E-state index contributed by atoms with van der Waals surface area (Å²) in [5, 5.41) is 6.38. The lowest BCUT2D eigenvalue weighted by atomic mass is 10.2. The maximum absolute atomic E-state index is 12.7. The summed E-state index contributed by atoms with van der Waals surface area (Å²) in [4.78, 5) is 7.72. The minimum absolute atomic E-state index is 0.0238. The summed E-state index contributed by atoms with van der Waals surface area (Å²) in [5.74, 6) is 0.409. The van der Waals surface area contributed by atoms with E-state index in [4.69, 9.17) is 0 Å². The number of rotatable bonds is 3. The summed E-state index contributed by atoms with van der Waals surface area (Å²) in [7, 11) is 1.46. The highest BCUT2D eigenvalue weighted by Crippen LogP contribution is 2.31. The van der Waals surface area contributed by atoms with E-state index in [2.05, 4.69) is 20.4 Å². The predicted molar refractivity (Wildman–Crippen MR) is 57.6 cm³/mol. The average Bonchev–Trinajstić information content (AvgIpc) is 2.69. The third kappa shape index (κ3) is 2.58. The van der Waals surface area contributed by atoms with Gasteiger partial charge in [-0.05, 0) is 0 Å². The maximum atomic E-state index is 12.7. The number of aryl methyl sites for hydroxylation is 1. The number of anilines is 1. The van der Waals surface area contributed by atoms with Gasteiger partial charge in [-0.1, -0.05) is 0 Å². The Hall–Kier alpha value is -2.12. The second-order valence-electron chi connectivity index (χ2n) is 3.57. The van der Waals surface area contributed by atoms with Crippen molar-refractivity contribution >= 4 is 5.82 Å². The van der Waals surface area contributed by atoms with Crippen LogP contribution in [0.3, 0.4) is 0 Å². The van der Waals surface area contributed by atoms with Gasteiger partial charge < -0.3 is 5.32 Å². The first-order valence-corrected chi connectivity index (χ1v) is 5.06. The van der Waals surface area contributed by atoms with Crippen molar-refractivity contribution in [2.45, 2.75) is 12.7 Å². The van der Waals surface area contributed by atoms with Crippen LogP contribution in [0.15, 0.2) is 24.8 Å². The van der Waals surface area contributed by atoms with Gasteiger partial charge in [0.15, 0.2) is 0 Å². The molecule has 0 aliphatic carbocycles. The molecule has 0 atom stereocenters. The summed E-state index contributed by atoms with van der Waals surface area (Å²) >= 11 is 0. The predicted octanol–water partition coefficient (Wildman–Crippen LogP) is 1.84. The Morgan fingerprint density at radius 1 is 1.28 bits per heavy atom. The topological polar surface area (TPSA) is 55.6 Å². The highest BCUT2D eigenvalue weighted by atomic mass is 19.4. The lowest BCUT2D eigenvalue weighted by molar-refractivity contribution is -0.138. The van der Waals surface area contributed by atoms with Gasteiger partial charge >= 0.3 is 6.18 Å². The first kappa shape index (κ1) is 12.3. The van der Waals surface area contributed by atoms with Crippen molar-refractivity contribution in [2.75, 3.05) is 5.32 Å². The molecule has 0 saturated carbocycles. The van der Waals surface area contributed by atoms with E-state index in [-0.39, 0.29) is 12.2 Å². The molecule has 2 aromatic heterocycles. The van der Waals surface area contributed by atoms with Gasteiger partial charge in [0.2, 0.25) is 0 Å². The van der Waals surface area contributed by atoms with Crippen molar-refractivity contribution in [1.82, 2.24) is 19.7 Å². The molecule has 0 aliphatic rings. The molecule has 0 aromatic carbocycles. The average molecular weight is 257 g/mol. The van der Waals surface area contributed by atoms with Crippen LogP contribution in [0.2, 0.25) is 0 Å². The van der Waals surface area contributed by atoms with Crippen LogP contribution in [0, 0.1) is 0 Å². The van der Waals surface area contributed by atoms with Gasteiger partial charge in [-0.2, -0.15) is 18.3 Å². The monoisotopic (exact) mass is 257 g/mol. The number of aromatic nitrogens is 4. The van der Waals surface area contributed by atoms with E-state index in [1.54, 1.807) is 0 Å². The second-order valence-corrected chi connectivity index (χ2v) is 3.57. The van der Waals surface area contributed by atoms with Gasteiger partial charge in [0.25, 0.3) is 0 Å². The van der Waals surface area contributed by atoms with Crippen LogP contribution in [0.1, 0.15) is 11.3 Å². The zero-order valence-corrected chi connectivity index (χ0v) is 9.44. The molecule has 2 heterocycles. The summed E-state index contributed by atoms with van der Waals surface area (Å²) in [6, 6.07) is 0. The summed E-state index contributed by atoms with van der Waals surface area (Å²) in [6.45, 7) is -0.0238. The Labute approximate surface area is 101 Å². The van der Waals surface area contributed by atoms with Gasteiger partial charge in [0.05, 0.1) is 30.2 Å². The molecule has 5 nitrogen and oxygen atoms in total. The molecule has 2 aromatic rings. The van der Waals surface area contributed by atoms with Crippen molar-refractivity contribution in [1.29, 1.82) is 0 Å². The lowest BCUT2D eigenvalue weighted by Gasteiger charge is -2.10. The molecule has 2 rings (SSSR count). The van der Waals surface area contributed by atoms with E-state index in [1.807, 2.05) is 0 Å². The van der Waals surface area contributed by atoms with E-state index < -0.39 is 11.7 Å². The zero-order valence-electron chi connectivity index (χ0n) is 9.44. The van der Waals surface area contributed by atoms with Gasteiger partial charge in [-0.15, -0.1) is 0 Å². The molecule has 1 N–H and O–H groups in total. The lowest BCUT2D eigenvalue weighted by Crippen LogP contribution is -2.13. The number of nitrogens with zero attached hydrogens (tertiary/aromatic N) is 4. The smallest absolute Gasteiger partial charge is 0.363 e. The van der Waals surface area contributed by atoms with Crippen molar-refractivity contribution in [3.8, 4) is 0 Å². The van der Waals surface area contributed by atoms with Crippen molar-refractivity contribution in [2.24, 2.45) is 7.05 Å². The standard InChI is InChI=1S/C10H10F3N5/c1-18-8(7(4-17-18)10(11,12)13)5-16-9-6-14-2-3-15-9/h2-4,6H,5H2,1H3,(H,15,16). The largest absolute Gasteiger partial charge is 0.419 e. The minimum Gasteiger partial charge on any atom is -0.363 e. The third-order valence-electron chi connectivity index (χ3n) is 2.37. The highest BCUT2D eigenvalue weighted by molar-refractivity contribution is 5.33. The van der Waals surface area contributed by atoms with Crippen LogP contribution < -0.4 is 5.32 Å². The number of hydrogen-bond acceptors (Lipinski definition) is 4. The quantitative estimate of drug-likeness (QED) is 0.911. The molecule has 8 heteroatoms. The molecule has 18 heavy (non-hydrogen) atoms. The fourth-order valence-corrected chi connectivity index (χ4v) is 1.47. The van der Waals surface area contributed by atoms with Crippen molar-refractivity contribution in [3.63, 3.8) is 0 Å².